The van der Waals surface area contributed by atoms with Crippen LogP contribution in [0.3, 0.4) is 0 Å². The number of fused-ring (bicyclic) bond motifs is 1. The molecule has 0 aliphatic heterocycles. The second-order valence-corrected chi connectivity index (χ2v) is 6.10. The highest BCUT2D eigenvalue weighted by atomic mass is 16.3. The summed E-state index contributed by atoms with van der Waals surface area (Å²) >= 11 is 0. The lowest BCUT2D eigenvalue weighted by molar-refractivity contribution is 0.0682. The lowest BCUT2D eigenvalue weighted by Crippen LogP contribution is -2.29. The number of hydrogen-bond donors (Lipinski definition) is 2. The third kappa shape index (κ3) is 3.24. The van der Waals surface area contributed by atoms with Crippen LogP contribution in [0, 0.1) is 0 Å². The smallest absolute Gasteiger partial charge is 0.329 e. The third-order valence-corrected chi connectivity index (χ3v) is 3.67. The van der Waals surface area contributed by atoms with E-state index in [9.17, 15) is 14.7 Å². The van der Waals surface area contributed by atoms with Gasteiger partial charge < -0.3 is 9.67 Å². The molecule has 2 rings (SSSR count). The van der Waals surface area contributed by atoms with Crippen LogP contribution in [0.15, 0.2) is 9.59 Å². The number of rotatable bonds is 5. The maximum absolute atomic E-state index is 11.9. The van der Waals surface area contributed by atoms with Crippen molar-refractivity contribution in [2.75, 3.05) is 0 Å². The van der Waals surface area contributed by atoms with Crippen LogP contribution in [0.5, 0.6) is 0 Å². The van der Waals surface area contributed by atoms with E-state index in [0.717, 1.165) is 25.1 Å². The van der Waals surface area contributed by atoms with E-state index in [4.69, 9.17) is 0 Å². The molecule has 0 fully saturated rings. The summed E-state index contributed by atoms with van der Waals surface area (Å²) in [5, 5.41) is 9.68. The van der Waals surface area contributed by atoms with Crippen LogP contribution < -0.4 is 11.2 Å². The maximum Gasteiger partial charge on any atom is 0.329 e. The van der Waals surface area contributed by atoms with Crippen LogP contribution in [0.2, 0.25) is 0 Å². The molecule has 2 aromatic rings. The van der Waals surface area contributed by atoms with Gasteiger partial charge in [-0.25, -0.2) is 9.78 Å². The average molecular weight is 294 g/mol. The lowest BCUT2D eigenvalue weighted by atomic mass is 10.0. The molecule has 0 radical (unpaired) electrons. The van der Waals surface area contributed by atoms with E-state index in [1.807, 2.05) is 0 Å². The van der Waals surface area contributed by atoms with Crippen LogP contribution in [-0.2, 0) is 20.5 Å². The van der Waals surface area contributed by atoms with Gasteiger partial charge in [0, 0.05) is 20.5 Å². The minimum Gasteiger partial charge on any atom is -0.390 e. The first-order valence-corrected chi connectivity index (χ1v) is 7.08. The van der Waals surface area contributed by atoms with E-state index < -0.39 is 16.9 Å². The van der Waals surface area contributed by atoms with E-state index in [-0.39, 0.29) is 0 Å². The predicted molar refractivity (Wildman–Crippen MR) is 80.4 cm³/mol. The summed E-state index contributed by atoms with van der Waals surface area (Å²) in [5.74, 6) is 0.771. The van der Waals surface area contributed by atoms with Gasteiger partial charge in [0.25, 0.3) is 5.56 Å². The fourth-order valence-electron chi connectivity index (χ4n) is 2.42. The van der Waals surface area contributed by atoms with Gasteiger partial charge in [0.05, 0.1) is 5.60 Å². The molecule has 0 saturated carbocycles. The van der Waals surface area contributed by atoms with Gasteiger partial charge in [0.1, 0.15) is 5.82 Å². The number of aryl methyl sites for hydroxylation is 3. The Balaban J connectivity index is 2.24. The Bertz CT molecular complexity index is 761. The minimum absolute atomic E-state index is 0.406. The van der Waals surface area contributed by atoms with Crippen molar-refractivity contribution < 1.29 is 5.11 Å². The molecule has 0 aromatic carbocycles. The van der Waals surface area contributed by atoms with E-state index in [1.54, 1.807) is 32.5 Å². The molecule has 7 nitrogen and oxygen atoms in total. The fraction of sp³-hybridized carbons (Fsp3) is 0.643. The molecular formula is C14H22N4O3. The lowest BCUT2D eigenvalue weighted by Gasteiger charge is -2.16. The van der Waals surface area contributed by atoms with Crippen molar-refractivity contribution in [2.45, 2.75) is 45.1 Å². The zero-order valence-corrected chi connectivity index (χ0v) is 12.9. The number of nitrogens with zero attached hydrogens (tertiary/aromatic N) is 3. The molecule has 2 N–H and O–H groups in total. The van der Waals surface area contributed by atoms with Gasteiger partial charge in [-0.05, 0) is 26.7 Å². The van der Waals surface area contributed by atoms with Crippen LogP contribution in [0.4, 0.5) is 0 Å². The number of aromatic amines is 1. The molecule has 0 aliphatic rings. The van der Waals surface area contributed by atoms with Crippen LogP contribution in [0.25, 0.3) is 11.2 Å². The molecule has 7 heteroatoms. The summed E-state index contributed by atoms with van der Waals surface area (Å²) < 4.78 is 3.08. The van der Waals surface area contributed by atoms with Gasteiger partial charge in [-0.1, -0.05) is 6.42 Å². The van der Waals surface area contributed by atoms with Crippen LogP contribution in [-0.4, -0.2) is 29.8 Å². The van der Waals surface area contributed by atoms with E-state index in [1.165, 1.54) is 4.57 Å². The number of aromatic nitrogens is 4. The highest BCUT2D eigenvalue weighted by Gasteiger charge is 2.15. The quantitative estimate of drug-likeness (QED) is 0.783. The zero-order valence-electron chi connectivity index (χ0n) is 12.9. The second kappa shape index (κ2) is 5.48. The van der Waals surface area contributed by atoms with E-state index >= 15 is 0 Å². The normalized spacial score (nSPS) is 12.2. The van der Waals surface area contributed by atoms with Crippen molar-refractivity contribution in [3.8, 4) is 0 Å². The van der Waals surface area contributed by atoms with Gasteiger partial charge in [0.2, 0.25) is 0 Å². The molecule has 116 valence electrons. The number of aliphatic hydroxyl groups is 1. The SMILES string of the molecule is Cn1c(CCCCC(C)(C)O)nc2c1c(=O)[nH]c(=O)n2C. The highest BCUT2D eigenvalue weighted by Crippen LogP contribution is 2.15. The molecule has 0 spiro atoms. The predicted octanol–water partition coefficient (Wildman–Crippen LogP) is 0.444. The fourth-order valence-corrected chi connectivity index (χ4v) is 2.42. The van der Waals surface area contributed by atoms with Crippen LogP contribution >= 0.6 is 0 Å². The van der Waals surface area contributed by atoms with Gasteiger partial charge in [-0.2, -0.15) is 0 Å². The molecule has 0 unspecified atom stereocenters. The summed E-state index contributed by atoms with van der Waals surface area (Å²) in [7, 11) is 3.37. The summed E-state index contributed by atoms with van der Waals surface area (Å²) in [6.07, 6.45) is 3.17. The molecule has 0 saturated heterocycles. The summed E-state index contributed by atoms with van der Waals surface area (Å²) in [6, 6.07) is 0. The first-order valence-electron chi connectivity index (χ1n) is 7.08. The van der Waals surface area contributed by atoms with Crippen LogP contribution in [0.1, 0.15) is 38.9 Å². The maximum atomic E-state index is 11.9. The third-order valence-electron chi connectivity index (χ3n) is 3.67. The number of hydrogen-bond acceptors (Lipinski definition) is 4. The Morgan fingerprint density at radius 2 is 1.86 bits per heavy atom. The Morgan fingerprint density at radius 1 is 1.19 bits per heavy atom. The Morgan fingerprint density at radius 3 is 2.48 bits per heavy atom. The van der Waals surface area contributed by atoms with E-state index in [0.29, 0.717) is 17.6 Å². The summed E-state index contributed by atoms with van der Waals surface area (Å²) in [5.41, 5.74) is -0.712. The molecule has 0 aliphatic carbocycles. The van der Waals surface area contributed by atoms with Gasteiger partial charge in [0.15, 0.2) is 11.2 Å². The topological polar surface area (TPSA) is 92.9 Å². The zero-order chi connectivity index (χ0) is 15.8. The first-order chi connectivity index (χ1) is 9.70. The minimum atomic E-state index is -0.659. The van der Waals surface area contributed by atoms with E-state index in [2.05, 4.69) is 9.97 Å². The molecule has 0 amide bonds. The van der Waals surface area contributed by atoms with Crippen molar-refractivity contribution in [1.29, 1.82) is 0 Å². The Hall–Kier alpha value is -1.89. The highest BCUT2D eigenvalue weighted by molar-refractivity contribution is 5.70. The van der Waals surface area contributed by atoms with Gasteiger partial charge >= 0.3 is 5.69 Å². The molecule has 0 bridgehead atoms. The van der Waals surface area contributed by atoms with Crippen molar-refractivity contribution in [3.05, 3.63) is 26.7 Å². The molecule has 0 atom stereocenters. The van der Waals surface area contributed by atoms with Crippen molar-refractivity contribution >= 4 is 11.2 Å². The Labute approximate surface area is 122 Å². The monoisotopic (exact) mass is 294 g/mol. The van der Waals surface area contributed by atoms with Crippen molar-refractivity contribution in [3.63, 3.8) is 0 Å². The molecule has 2 aromatic heterocycles. The number of nitrogens with one attached hydrogen (secondary N) is 1. The molecule has 21 heavy (non-hydrogen) atoms. The standard InChI is InChI=1S/C14H22N4O3/c1-14(2,21)8-6-5-7-9-15-11-10(17(9)3)12(19)16-13(20)18(11)4/h21H,5-8H2,1-4H3,(H,16,19,20). The molecular weight excluding hydrogens is 272 g/mol. The van der Waals surface area contributed by atoms with Gasteiger partial charge in [-0.15, -0.1) is 0 Å². The largest absolute Gasteiger partial charge is 0.390 e. The van der Waals surface area contributed by atoms with Crippen molar-refractivity contribution in [2.24, 2.45) is 14.1 Å². The first kappa shape index (κ1) is 15.5. The second-order valence-electron chi connectivity index (χ2n) is 6.10. The molecule has 2 heterocycles. The summed E-state index contributed by atoms with van der Waals surface area (Å²) in [6.45, 7) is 3.58. The van der Waals surface area contributed by atoms with Gasteiger partial charge in [-0.3, -0.25) is 14.3 Å². The number of unbranched alkanes of at least 4 members (excludes halogenated alkanes) is 1. The number of imidazole rings is 1. The van der Waals surface area contributed by atoms with Crippen molar-refractivity contribution in [1.82, 2.24) is 19.1 Å². The summed E-state index contributed by atoms with van der Waals surface area (Å²) in [4.78, 5) is 30.2. The number of H-pyrrole nitrogens is 1. The Kier molecular flexibility index (Phi) is 4.04. The average Bonchev–Trinajstić information content (AvgIpc) is 2.69.